The van der Waals surface area contributed by atoms with Gasteiger partial charge in [-0.2, -0.15) is 0 Å². The van der Waals surface area contributed by atoms with E-state index in [-0.39, 0.29) is 6.03 Å². The number of urea groups is 1. The molecule has 0 aromatic heterocycles. The van der Waals surface area contributed by atoms with Gasteiger partial charge in [0, 0.05) is 38.2 Å². The Kier molecular flexibility index (Phi) is 6.92. The molecule has 1 aromatic rings. The monoisotopic (exact) mass is 359 g/mol. The van der Waals surface area contributed by atoms with Crippen LogP contribution < -0.4 is 5.32 Å². The molecule has 2 aliphatic rings. The number of nitrogens with zero attached hydrogens (tertiary/aromatic N) is 2. The van der Waals surface area contributed by atoms with Gasteiger partial charge in [-0.25, -0.2) is 4.79 Å². The molecule has 1 saturated heterocycles. The molecule has 1 saturated carbocycles. The zero-order valence-electron chi connectivity index (χ0n) is 16.2. The number of carbonyl (C=O) groups is 1. The molecule has 5 heteroatoms. The van der Waals surface area contributed by atoms with Crippen molar-refractivity contribution in [3.63, 3.8) is 0 Å². The Morgan fingerprint density at radius 2 is 1.81 bits per heavy atom. The van der Waals surface area contributed by atoms with Crippen LogP contribution in [0.4, 0.5) is 4.79 Å². The minimum Gasteiger partial charge on any atom is -0.381 e. The molecule has 2 amide bonds. The summed E-state index contributed by atoms with van der Waals surface area (Å²) in [5.41, 5.74) is 2.48. The Morgan fingerprint density at radius 1 is 1.12 bits per heavy atom. The van der Waals surface area contributed by atoms with Crippen LogP contribution in [0.5, 0.6) is 0 Å². The number of hydrogen-bond donors (Lipinski definition) is 1. The lowest BCUT2D eigenvalue weighted by atomic mass is 10.1. The smallest absolute Gasteiger partial charge is 0.317 e. The van der Waals surface area contributed by atoms with Crippen molar-refractivity contribution in [3.8, 4) is 0 Å². The van der Waals surface area contributed by atoms with E-state index in [0.717, 1.165) is 64.2 Å². The lowest BCUT2D eigenvalue weighted by Crippen LogP contribution is -2.43. The summed E-state index contributed by atoms with van der Waals surface area (Å²) >= 11 is 0. The lowest BCUT2D eigenvalue weighted by Gasteiger charge is -2.25. The standard InChI is InChI=1S/C21H33N3O2/c1-3-23(4-2)14-18-7-5-17(6-8-18)13-22-21(25)24(20-9-10-20)15-19-11-12-26-16-19/h5-8,19-20H,3-4,9-16H2,1-2H3,(H,22,25). The molecule has 0 spiro atoms. The molecule has 26 heavy (non-hydrogen) atoms. The van der Waals surface area contributed by atoms with Gasteiger partial charge >= 0.3 is 6.03 Å². The van der Waals surface area contributed by atoms with Crippen LogP contribution in [0.25, 0.3) is 0 Å². The van der Waals surface area contributed by atoms with Crippen LogP contribution in [-0.4, -0.2) is 54.7 Å². The molecule has 1 unspecified atom stereocenters. The first-order chi connectivity index (χ1) is 12.7. The van der Waals surface area contributed by atoms with Crippen LogP contribution in [0, 0.1) is 5.92 Å². The van der Waals surface area contributed by atoms with Crippen molar-refractivity contribution in [2.24, 2.45) is 5.92 Å². The van der Waals surface area contributed by atoms with Crippen molar-refractivity contribution in [1.29, 1.82) is 0 Å². The Balaban J connectivity index is 1.48. The normalized spacial score (nSPS) is 19.7. The van der Waals surface area contributed by atoms with Gasteiger partial charge < -0.3 is 15.0 Å². The van der Waals surface area contributed by atoms with Gasteiger partial charge in [0.2, 0.25) is 0 Å². The van der Waals surface area contributed by atoms with Crippen LogP contribution in [0.1, 0.15) is 44.2 Å². The summed E-state index contributed by atoms with van der Waals surface area (Å²) in [5, 5.41) is 3.11. The average Bonchev–Trinajstić information content (AvgIpc) is 3.38. The number of carbonyl (C=O) groups excluding carboxylic acids is 1. The number of nitrogens with one attached hydrogen (secondary N) is 1. The topological polar surface area (TPSA) is 44.8 Å². The highest BCUT2D eigenvalue weighted by Gasteiger charge is 2.34. The van der Waals surface area contributed by atoms with Gasteiger partial charge in [-0.1, -0.05) is 38.1 Å². The lowest BCUT2D eigenvalue weighted by molar-refractivity contribution is 0.162. The second-order valence-corrected chi connectivity index (χ2v) is 7.55. The Morgan fingerprint density at radius 3 is 2.38 bits per heavy atom. The van der Waals surface area contributed by atoms with Crippen molar-refractivity contribution in [2.75, 3.05) is 32.8 Å². The third-order valence-corrected chi connectivity index (χ3v) is 5.49. The molecule has 3 rings (SSSR count). The molecule has 1 heterocycles. The highest BCUT2D eigenvalue weighted by molar-refractivity contribution is 5.75. The van der Waals surface area contributed by atoms with Crippen molar-refractivity contribution < 1.29 is 9.53 Å². The molecule has 1 aliphatic heterocycles. The molecule has 5 nitrogen and oxygen atoms in total. The number of amides is 2. The number of ether oxygens (including phenoxy) is 1. The quantitative estimate of drug-likeness (QED) is 0.736. The predicted molar refractivity (Wildman–Crippen MR) is 104 cm³/mol. The third kappa shape index (κ3) is 5.45. The van der Waals surface area contributed by atoms with E-state index >= 15 is 0 Å². The first-order valence-corrected chi connectivity index (χ1v) is 10.1. The van der Waals surface area contributed by atoms with E-state index < -0.39 is 0 Å². The number of benzene rings is 1. The zero-order chi connectivity index (χ0) is 18.4. The van der Waals surface area contributed by atoms with E-state index in [1.807, 2.05) is 4.90 Å². The fourth-order valence-corrected chi connectivity index (χ4v) is 3.54. The van der Waals surface area contributed by atoms with Crippen LogP contribution >= 0.6 is 0 Å². The van der Waals surface area contributed by atoms with Crippen molar-refractivity contribution in [2.45, 2.75) is 52.2 Å². The van der Waals surface area contributed by atoms with Gasteiger partial charge in [-0.15, -0.1) is 0 Å². The molecule has 1 aromatic carbocycles. The Bertz CT molecular complexity index is 561. The molecule has 1 N–H and O–H groups in total. The average molecular weight is 360 g/mol. The van der Waals surface area contributed by atoms with Crippen LogP contribution in [0.2, 0.25) is 0 Å². The van der Waals surface area contributed by atoms with E-state index in [0.29, 0.717) is 18.5 Å². The fraction of sp³-hybridized carbons (Fsp3) is 0.667. The van der Waals surface area contributed by atoms with Crippen LogP contribution in [-0.2, 0) is 17.8 Å². The molecular weight excluding hydrogens is 326 g/mol. The van der Waals surface area contributed by atoms with Crippen LogP contribution in [0.15, 0.2) is 24.3 Å². The van der Waals surface area contributed by atoms with E-state index in [9.17, 15) is 4.79 Å². The van der Waals surface area contributed by atoms with Crippen molar-refractivity contribution in [3.05, 3.63) is 35.4 Å². The summed E-state index contributed by atoms with van der Waals surface area (Å²) in [6.45, 7) is 10.6. The highest BCUT2D eigenvalue weighted by Crippen LogP contribution is 2.29. The molecule has 0 bridgehead atoms. The summed E-state index contributed by atoms with van der Waals surface area (Å²) in [7, 11) is 0. The van der Waals surface area contributed by atoms with E-state index in [1.54, 1.807) is 0 Å². The zero-order valence-corrected chi connectivity index (χ0v) is 16.2. The van der Waals surface area contributed by atoms with Gasteiger partial charge in [0.05, 0.1) is 6.61 Å². The molecule has 2 fully saturated rings. The van der Waals surface area contributed by atoms with Gasteiger partial charge in [-0.05, 0) is 43.5 Å². The van der Waals surface area contributed by atoms with Gasteiger partial charge in [-0.3, -0.25) is 4.90 Å². The second kappa shape index (κ2) is 9.38. The van der Waals surface area contributed by atoms with E-state index in [4.69, 9.17) is 4.74 Å². The van der Waals surface area contributed by atoms with Gasteiger partial charge in [0.25, 0.3) is 0 Å². The molecular formula is C21H33N3O2. The maximum absolute atomic E-state index is 12.6. The maximum atomic E-state index is 12.6. The van der Waals surface area contributed by atoms with Crippen LogP contribution in [0.3, 0.4) is 0 Å². The first kappa shape index (κ1) is 19.2. The van der Waals surface area contributed by atoms with E-state index in [2.05, 4.69) is 48.3 Å². The van der Waals surface area contributed by atoms with Gasteiger partial charge in [0.15, 0.2) is 0 Å². The molecule has 0 radical (unpaired) electrons. The van der Waals surface area contributed by atoms with Crippen molar-refractivity contribution in [1.82, 2.24) is 15.1 Å². The minimum absolute atomic E-state index is 0.0756. The van der Waals surface area contributed by atoms with Gasteiger partial charge in [0.1, 0.15) is 0 Å². The van der Waals surface area contributed by atoms with Crippen molar-refractivity contribution >= 4 is 6.03 Å². The first-order valence-electron chi connectivity index (χ1n) is 10.1. The number of hydrogen-bond acceptors (Lipinski definition) is 3. The summed E-state index contributed by atoms with van der Waals surface area (Å²) in [5.74, 6) is 0.501. The predicted octanol–water partition coefficient (Wildman–Crippen LogP) is 3.24. The molecule has 144 valence electrons. The maximum Gasteiger partial charge on any atom is 0.317 e. The Hall–Kier alpha value is -1.59. The third-order valence-electron chi connectivity index (χ3n) is 5.49. The SMILES string of the molecule is CCN(CC)Cc1ccc(CNC(=O)N(CC2CCOC2)C2CC2)cc1. The largest absolute Gasteiger partial charge is 0.381 e. The van der Waals surface area contributed by atoms with E-state index in [1.165, 1.54) is 5.56 Å². The minimum atomic E-state index is 0.0756. The second-order valence-electron chi connectivity index (χ2n) is 7.55. The summed E-state index contributed by atoms with van der Waals surface area (Å²) < 4.78 is 5.46. The molecule has 1 atom stereocenters. The summed E-state index contributed by atoms with van der Waals surface area (Å²) in [6.07, 6.45) is 3.35. The molecule has 1 aliphatic carbocycles. The Labute approximate surface area is 157 Å². The number of rotatable bonds is 9. The summed E-state index contributed by atoms with van der Waals surface area (Å²) in [4.78, 5) is 17.1. The highest BCUT2D eigenvalue weighted by atomic mass is 16.5. The fourth-order valence-electron chi connectivity index (χ4n) is 3.54. The summed E-state index contributed by atoms with van der Waals surface area (Å²) in [6, 6.07) is 9.12.